The van der Waals surface area contributed by atoms with Crippen LogP contribution in [0.25, 0.3) is 0 Å². The molecule has 1 fully saturated rings. The van der Waals surface area contributed by atoms with Crippen LogP contribution < -0.4 is 54.0 Å². The summed E-state index contributed by atoms with van der Waals surface area (Å²) in [6.45, 7) is -2.40. The van der Waals surface area contributed by atoms with Gasteiger partial charge in [-0.15, -0.1) is 0 Å². The molecule has 35 nitrogen and oxygen atoms in total. The molecule has 3 aromatic heterocycles. The van der Waals surface area contributed by atoms with Crippen molar-refractivity contribution >= 4 is 77.0 Å². The van der Waals surface area contributed by atoms with Crippen LogP contribution in [0.4, 0.5) is 0 Å². The van der Waals surface area contributed by atoms with E-state index in [-0.39, 0.29) is 50.8 Å². The molecule has 458 valence electrons. The Morgan fingerprint density at radius 2 is 0.918 bits per heavy atom. The highest BCUT2D eigenvalue weighted by atomic mass is 16.4. The fourth-order valence-corrected chi connectivity index (χ4v) is 8.67. The Labute approximate surface area is 481 Å². The number of aliphatic hydroxyl groups is 2. The minimum Gasteiger partial charge on any atom is -0.481 e. The number of carboxylic acid groups (broad SMARTS) is 3. The van der Waals surface area contributed by atoms with Crippen LogP contribution in [-0.4, -0.2) is 217 Å². The van der Waals surface area contributed by atoms with Gasteiger partial charge in [0.15, 0.2) is 0 Å². The maximum atomic E-state index is 14.3. The van der Waals surface area contributed by atoms with Gasteiger partial charge in [-0.2, -0.15) is 0 Å². The summed E-state index contributed by atoms with van der Waals surface area (Å²) in [4.78, 5) is 193. The van der Waals surface area contributed by atoms with Crippen LogP contribution in [0.5, 0.6) is 0 Å². The highest BCUT2D eigenvalue weighted by molar-refractivity contribution is 6.00. The zero-order chi connectivity index (χ0) is 62.3. The van der Waals surface area contributed by atoms with E-state index in [0.29, 0.717) is 17.0 Å². The third kappa shape index (κ3) is 20.4. The number of aromatic amines is 3. The summed E-state index contributed by atoms with van der Waals surface area (Å²) < 4.78 is 0. The number of nitrogens with zero attached hydrogens (tertiary/aromatic N) is 4. The second-order valence-corrected chi connectivity index (χ2v) is 19.4. The number of aromatic nitrogens is 6. The number of benzene rings is 1. The van der Waals surface area contributed by atoms with E-state index in [9.17, 15) is 87.9 Å². The molecular formula is C50H65N17O18. The minimum absolute atomic E-state index is 0.0336. The average molecular weight is 1190 g/mol. The lowest BCUT2D eigenvalue weighted by atomic mass is 10.0. The Morgan fingerprint density at radius 3 is 1.35 bits per heavy atom. The third-order valence-corrected chi connectivity index (χ3v) is 13.0. The summed E-state index contributed by atoms with van der Waals surface area (Å²) in [6.07, 6.45) is 3.98. The van der Waals surface area contributed by atoms with E-state index in [2.05, 4.69) is 67.1 Å². The van der Waals surface area contributed by atoms with E-state index in [1.165, 1.54) is 37.6 Å². The van der Waals surface area contributed by atoms with Crippen LogP contribution in [0.2, 0.25) is 0 Å². The molecule has 10 amide bonds. The van der Waals surface area contributed by atoms with Crippen LogP contribution in [0.3, 0.4) is 0 Å². The molecule has 85 heavy (non-hydrogen) atoms. The first-order chi connectivity index (χ1) is 40.5. The van der Waals surface area contributed by atoms with Crippen LogP contribution in [0.15, 0.2) is 67.9 Å². The number of rotatable bonds is 34. The highest BCUT2D eigenvalue weighted by Gasteiger charge is 2.41. The molecule has 4 aromatic rings. The SMILES string of the molecule is NC(=O)C[C@H](NC(=O)[C@H](CC(=O)O)NC(=O)[C@H](Cc1cnc[nH]1)NC(=O)[C@@H](N)Cc1cnc[nH]1)C(=O)N[C@@H](CO)C(=O)N1CCC[C@H]1C(=O)N[C@@H](Cc1cnc[nH]1)C(=O)N[C@@H](Cc1ccccc1)C(=O)N[C@@H](CC(=O)O)C(=O)N[C@@H](CO)C(=O)O. The number of H-pyrrole nitrogens is 3. The smallest absolute Gasteiger partial charge is 0.328 e. The number of primary amides is 1. The fourth-order valence-electron chi connectivity index (χ4n) is 8.67. The highest BCUT2D eigenvalue weighted by Crippen LogP contribution is 2.20. The number of carboxylic acids is 3. The number of carbonyl (C=O) groups excluding carboxylic acids is 10. The molecular weight excluding hydrogens is 1130 g/mol. The maximum Gasteiger partial charge on any atom is 0.328 e. The Hall–Kier alpha value is -10.2. The topological polar surface area (TPSA) is 561 Å². The Kier molecular flexibility index (Phi) is 24.6. The number of hydrogen-bond donors (Lipinski definition) is 18. The van der Waals surface area contributed by atoms with Crippen molar-refractivity contribution in [1.82, 2.24) is 77.3 Å². The molecule has 10 atom stereocenters. The first kappa shape index (κ1) is 65.6. The number of nitrogens with two attached hydrogens (primary N) is 2. The molecule has 1 aromatic carbocycles. The van der Waals surface area contributed by atoms with Crippen LogP contribution in [0.1, 0.15) is 54.7 Å². The van der Waals surface area contributed by atoms with Gasteiger partial charge in [-0.3, -0.25) is 57.5 Å². The van der Waals surface area contributed by atoms with Gasteiger partial charge in [0.05, 0.1) is 57.5 Å². The molecule has 1 saturated heterocycles. The summed E-state index contributed by atoms with van der Waals surface area (Å²) in [7, 11) is 0. The number of nitrogens with one attached hydrogen (secondary N) is 11. The van der Waals surface area contributed by atoms with Crippen molar-refractivity contribution in [2.45, 2.75) is 118 Å². The van der Waals surface area contributed by atoms with Crippen molar-refractivity contribution in [3.05, 3.63) is 90.5 Å². The lowest BCUT2D eigenvalue weighted by Crippen LogP contribution is -2.61. The molecule has 0 radical (unpaired) electrons. The monoisotopic (exact) mass is 1190 g/mol. The second kappa shape index (κ2) is 31.9. The van der Waals surface area contributed by atoms with Crippen molar-refractivity contribution in [3.8, 4) is 0 Å². The second-order valence-electron chi connectivity index (χ2n) is 19.4. The van der Waals surface area contributed by atoms with Crippen LogP contribution in [0, 0.1) is 0 Å². The number of imidazole rings is 3. The zero-order valence-electron chi connectivity index (χ0n) is 45.1. The van der Waals surface area contributed by atoms with Gasteiger partial charge < -0.3 is 99.4 Å². The molecule has 0 unspecified atom stereocenters. The lowest BCUT2D eigenvalue weighted by Gasteiger charge is -2.30. The molecule has 1 aliphatic rings. The molecule has 4 heterocycles. The molecule has 5 rings (SSSR count). The van der Waals surface area contributed by atoms with E-state index in [4.69, 9.17) is 11.5 Å². The van der Waals surface area contributed by atoms with Gasteiger partial charge in [0.25, 0.3) is 0 Å². The number of hydrogen-bond acceptors (Lipinski definition) is 19. The van der Waals surface area contributed by atoms with Crippen molar-refractivity contribution in [2.24, 2.45) is 11.5 Å². The van der Waals surface area contributed by atoms with E-state index < -0.39 is 170 Å². The van der Waals surface area contributed by atoms with E-state index >= 15 is 0 Å². The van der Waals surface area contributed by atoms with Crippen molar-refractivity contribution < 1.29 is 87.9 Å². The number of aliphatic carboxylic acids is 3. The number of likely N-dealkylation sites (tertiary alicyclic amines) is 1. The summed E-state index contributed by atoms with van der Waals surface area (Å²) >= 11 is 0. The Morgan fingerprint density at radius 1 is 0.518 bits per heavy atom. The quantitative estimate of drug-likeness (QED) is 0.0207. The summed E-state index contributed by atoms with van der Waals surface area (Å²) in [5.74, 6) is -16.2. The molecule has 0 bridgehead atoms. The summed E-state index contributed by atoms with van der Waals surface area (Å²) in [5.41, 5.74) is 13.0. The Bertz CT molecular complexity index is 2980. The van der Waals surface area contributed by atoms with Gasteiger partial charge in [0, 0.05) is 67.9 Å². The summed E-state index contributed by atoms with van der Waals surface area (Å²) in [5, 5.41) is 66.8. The first-order valence-corrected chi connectivity index (χ1v) is 26.1. The van der Waals surface area contributed by atoms with Gasteiger partial charge in [0.2, 0.25) is 59.1 Å². The molecule has 1 aliphatic heterocycles. The molecule has 0 aliphatic carbocycles. The zero-order valence-corrected chi connectivity index (χ0v) is 45.1. The van der Waals surface area contributed by atoms with Gasteiger partial charge in [0.1, 0.15) is 54.4 Å². The number of carbonyl (C=O) groups is 13. The van der Waals surface area contributed by atoms with Crippen molar-refractivity contribution in [1.29, 1.82) is 0 Å². The van der Waals surface area contributed by atoms with Crippen LogP contribution >= 0.6 is 0 Å². The predicted octanol–water partition coefficient (Wildman–Crippen LogP) is -7.78. The average Bonchev–Trinajstić information content (AvgIpc) is 4.13. The normalized spacial score (nSPS) is 16.0. The van der Waals surface area contributed by atoms with Gasteiger partial charge in [-0.05, 0) is 18.4 Å². The van der Waals surface area contributed by atoms with E-state index in [0.717, 1.165) is 4.90 Å². The van der Waals surface area contributed by atoms with Crippen molar-refractivity contribution in [3.63, 3.8) is 0 Å². The fraction of sp³-hybridized carbons (Fsp3) is 0.440. The standard InChI is InChI=1S/C50H65N17O18/c51-28(10-25-16-53-21-56-25)41(75)59-30(11-26-17-54-22-57-26)43(77)63-33(14-39(71)72)46(80)61-32(13-38(52)70)45(79)65-35(19-68)49(83)67-8-4-7-37(67)48(82)64-31(12-27-18-55-23-58-27)44(78)60-29(9-24-5-2-1-3-6-24)42(76)62-34(15-40(73)74)47(81)66-36(20-69)50(84)85/h1-3,5-6,16-18,21-23,28-37,68-69H,4,7-15,19-20,51H2,(H2,52,70)(H,53,56)(H,54,57)(H,55,58)(H,59,75)(H,60,78)(H,61,80)(H,62,76)(H,63,77)(H,64,82)(H,65,79)(H,66,81)(H,71,72)(H,73,74)(H,84,85)/t28-,29-,30-,31-,32-,33-,34-,35-,36-,37-/m0/s1. The number of aliphatic hydroxyl groups excluding tert-OH is 2. The predicted molar refractivity (Wildman–Crippen MR) is 285 cm³/mol. The van der Waals surface area contributed by atoms with Crippen molar-refractivity contribution in [2.75, 3.05) is 19.8 Å². The van der Waals surface area contributed by atoms with Crippen LogP contribution in [-0.2, 0) is 88.0 Å². The molecule has 20 N–H and O–H groups in total. The lowest BCUT2D eigenvalue weighted by molar-refractivity contribution is -0.144. The van der Waals surface area contributed by atoms with E-state index in [1.807, 2.05) is 5.32 Å². The van der Waals surface area contributed by atoms with E-state index in [1.54, 1.807) is 30.3 Å². The van der Waals surface area contributed by atoms with Gasteiger partial charge in [-0.25, -0.2) is 19.7 Å². The molecule has 0 saturated carbocycles. The first-order valence-electron chi connectivity index (χ1n) is 26.1. The Balaban J connectivity index is 1.31. The minimum atomic E-state index is -2.00. The number of amides is 10. The summed E-state index contributed by atoms with van der Waals surface area (Å²) in [6, 6.07) is -9.03. The van der Waals surface area contributed by atoms with Gasteiger partial charge >= 0.3 is 17.9 Å². The largest absolute Gasteiger partial charge is 0.481 e. The third-order valence-electron chi connectivity index (χ3n) is 13.0. The molecule has 0 spiro atoms. The maximum absolute atomic E-state index is 14.3. The molecule has 35 heteroatoms. The van der Waals surface area contributed by atoms with Gasteiger partial charge in [-0.1, -0.05) is 30.3 Å².